The lowest BCUT2D eigenvalue weighted by atomic mass is 9.43. The molecule has 2 spiro atoms. The van der Waals surface area contributed by atoms with Crippen molar-refractivity contribution in [3.8, 4) is 0 Å². The summed E-state index contributed by atoms with van der Waals surface area (Å²) in [5, 5.41) is 10.4. The molecule has 174 valence electrons. The highest BCUT2D eigenvalue weighted by molar-refractivity contribution is 5.33. The second kappa shape index (κ2) is 7.18. The standard InChI is InChI=1S/C28H44O3/c1-18(2)19(3)7-8-20(4)22-9-10-23-25(22,5)13-12-24-26(6)14-11-21(29)17-27(26)15-16-28(23,24)31-30-27/h7-8,15-16,18-24,29H,9-14,17H2,1-6H3/b8-7+/t19-,20+,21-,22?,23?,24?,25+,26+,27+,28-/m0/s1. The monoisotopic (exact) mass is 428 g/mol. The number of aliphatic hydroxyl groups is 1. The van der Waals surface area contributed by atoms with Gasteiger partial charge in [0, 0.05) is 23.7 Å². The van der Waals surface area contributed by atoms with Crippen molar-refractivity contribution in [1.29, 1.82) is 0 Å². The molecular weight excluding hydrogens is 384 g/mol. The van der Waals surface area contributed by atoms with Crippen LogP contribution in [0.2, 0.25) is 0 Å². The zero-order valence-electron chi connectivity index (χ0n) is 20.6. The molecule has 0 aromatic heterocycles. The van der Waals surface area contributed by atoms with Crippen molar-refractivity contribution in [2.45, 2.75) is 104 Å². The zero-order valence-corrected chi connectivity index (χ0v) is 20.6. The molecule has 3 heteroatoms. The minimum atomic E-state index is -0.439. The molecule has 0 aromatic rings. The molecule has 10 atom stereocenters. The van der Waals surface area contributed by atoms with Crippen molar-refractivity contribution < 1.29 is 14.9 Å². The van der Waals surface area contributed by atoms with E-state index in [1.807, 2.05) is 0 Å². The fourth-order valence-corrected chi connectivity index (χ4v) is 8.71. The molecule has 6 aliphatic rings. The Morgan fingerprint density at radius 3 is 2.35 bits per heavy atom. The molecule has 4 aliphatic carbocycles. The van der Waals surface area contributed by atoms with Crippen LogP contribution in [0.3, 0.4) is 0 Å². The van der Waals surface area contributed by atoms with Crippen molar-refractivity contribution in [3.05, 3.63) is 24.3 Å². The molecule has 0 aromatic carbocycles. The Labute approximate surface area is 189 Å². The minimum absolute atomic E-state index is 0.0663. The van der Waals surface area contributed by atoms with Crippen LogP contribution in [-0.2, 0) is 9.78 Å². The van der Waals surface area contributed by atoms with Gasteiger partial charge in [-0.25, -0.2) is 9.78 Å². The largest absolute Gasteiger partial charge is 0.393 e. The van der Waals surface area contributed by atoms with Gasteiger partial charge in [-0.05, 0) is 73.7 Å². The highest BCUT2D eigenvalue weighted by Crippen LogP contribution is 2.72. The summed E-state index contributed by atoms with van der Waals surface area (Å²) in [4.78, 5) is 12.8. The van der Waals surface area contributed by atoms with Crippen molar-refractivity contribution in [1.82, 2.24) is 0 Å². The molecule has 31 heavy (non-hydrogen) atoms. The first kappa shape index (κ1) is 22.2. The summed E-state index contributed by atoms with van der Waals surface area (Å²) in [5.74, 6) is 3.64. The van der Waals surface area contributed by atoms with Gasteiger partial charge in [-0.3, -0.25) is 0 Å². The second-order valence-electron chi connectivity index (χ2n) is 12.7. The molecule has 3 unspecified atom stereocenters. The summed E-state index contributed by atoms with van der Waals surface area (Å²) < 4.78 is 0. The Bertz CT molecular complexity index is 772. The van der Waals surface area contributed by atoms with Crippen LogP contribution in [0.1, 0.15) is 86.5 Å². The first-order chi connectivity index (χ1) is 14.6. The van der Waals surface area contributed by atoms with E-state index in [4.69, 9.17) is 9.78 Å². The van der Waals surface area contributed by atoms with Gasteiger partial charge in [-0.2, -0.15) is 0 Å². The van der Waals surface area contributed by atoms with Crippen LogP contribution in [0.5, 0.6) is 0 Å². The number of rotatable bonds is 4. The molecule has 4 fully saturated rings. The van der Waals surface area contributed by atoms with Crippen LogP contribution in [0.25, 0.3) is 0 Å². The lowest BCUT2D eigenvalue weighted by Crippen LogP contribution is -2.73. The van der Waals surface area contributed by atoms with Gasteiger partial charge >= 0.3 is 0 Å². The molecule has 2 heterocycles. The van der Waals surface area contributed by atoms with Crippen LogP contribution in [0.4, 0.5) is 0 Å². The van der Waals surface area contributed by atoms with E-state index in [-0.39, 0.29) is 22.5 Å². The maximum Gasteiger partial charge on any atom is 0.130 e. The smallest absolute Gasteiger partial charge is 0.130 e. The third kappa shape index (κ3) is 2.88. The topological polar surface area (TPSA) is 38.7 Å². The molecule has 6 rings (SSSR count). The molecule has 2 bridgehead atoms. The van der Waals surface area contributed by atoms with E-state index in [2.05, 4.69) is 65.8 Å². The highest BCUT2D eigenvalue weighted by Gasteiger charge is 2.74. The Hall–Kier alpha value is -0.640. The third-order valence-corrected chi connectivity index (χ3v) is 11.1. The van der Waals surface area contributed by atoms with Gasteiger partial charge in [0.2, 0.25) is 0 Å². The fourth-order valence-electron chi connectivity index (χ4n) is 8.71. The van der Waals surface area contributed by atoms with Gasteiger partial charge in [0.15, 0.2) is 0 Å². The summed E-state index contributed by atoms with van der Waals surface area (Å²) in [6.07, 6.45) is 17.0. The van der Waals surface area contributed by atoms with E-state index in [1.165, 1.54) is 25.7 Å². The van der Waals surface area contributed by atoms with E-state index < -0.39 is 5.60 Å². The normalized spacial score (nSPS) is 52.8. The van der Waals surface area contributed by atoms with Crippen molar-refractivity contribution in [2.75, 3.05) is 0 Å². The Morgan fingerprint density at radius 2 is 1.68 bits per heavy atom. The lowest BCUT2D eigenvalue weighted by Gasteiger charge is -2.69. The first-order valence-electron chi connectivity index (χ1n) is 13.0. The Morgan fingerprint density at radius 1 is 0.903 bits per heavy atom. The Balaban J connectivity index is 1.45. The first-order valence-corrected chi connectivity index (χ1v) is 13.0. The van der Waals surface area contributed by atoms with Crippen LogP contribution in [0.15, 0.2) is 24.3 Å². The van der Waals surface area contributed by atoms with Gasteiger partial charge in [0.1, 0.15) is 11.2 Å². The predicted molar refractivity (Wildman–Crippen MR) is 124 cm³/mol. The average molecular weight is 429 g/mol. The van der Waals surface area contributed by atoms with Gasteiger partial charge in [0.25, 0.3) is 0 Å². The summed E-state index contributed by atoms with van der Waals surface area (Å²) in [5.41, 5.74) is -0.366. The summed E-state index contributed by atoms with van der Waals surface area (Å²) in [6, 6.07) is 0. The van der Waals surface area contributed by atoms with E-state index in [1.54, 1.807) is 0 Å². The van der Waals surface area contributed by atoms with Crippen molar-refractivity contribution in [3.63, 3.8) is 0 Å². The van der Waals surface area contributed by atoms with Crippen molar-refractivity contribution >= 4 is 0 Å². The van der Waals surface area contributed by atoms with Crippen LogP contribution in [0, 0.1) is 46.3 Å². The third-order valence-electron chi connectivity index (χ3n) is 11.1. The van der Waals surface area contributed by atoms with E-state index >= 15 is 0 Å². The quantitative estimate of drug-likeness (QED) is 0.412. The summed E-state index contributed by atoms with van der Waals surface area (Å²) >= 11 is 0. The highest BCUT2D eigenvalue weighted by atomic mass is 17.2. The number of aliphatic hydroxyl groups excluding tert-OH is 1. The maximum atomic E-state index is 10.4. The van der Waals surface area contributed by atoms with Crippen LogP contribution >= 0.6 is 0 Å². The van der Waals surface area contributed by atoms with Crippen LogP contribution < -0.4 is 0 Å². The van der Waals surface area contributed by atoms with E-state index in [9.17, 15) is 5.11 Å². The lowest BCUT2D eigenvalue weighted by molar-refractivity contribution is -0.497. The SMILES string of the molecule is CC(C)[C@@H](C)/C=C/[C@@H](C)C1CCC2[C@]1(C)CCC1[C@]23C=C[C@]2(C[C@@H](O)CC[C@]12C)OO3. The molecule has 3 saturated carbocycles. The summed E-state index contributed by atoms with van der Waals surface area (Å²) in [7, 11) is 0. The number of hydrogen-bond donors (Lipinski definition) is 1. The average Bonchev–Trinajstić information content (AvgIpc) is 3.09. The summed E-state index contributed by atoms with van der Waals surface area (Å²) in [6.45, 7) is 14.4. The molecule has 0 radical (unpaired) electrons. The second-order valence-corrected chi connectivity index (χ2v) is 12.7. The molecular formula is C28H44O3. The minimum Gasteiger partial charge on any atom is -0.393 e. The van der Waals surface area contributed by atoms with E-state index in [0.29, 0.717) is 41.9 Å². The van der Waals surface area contributed by atoms with E-state index in [0.717, 1.165) is 12.8 Å². The maximum absolute atomic E-state index is 10.4. The number of allylic oxidation sites excluding steroid dienone is 2. The number of fused-ring (bicyclic) bond motifs is 2. The van der Waals surface area contributed by atoms with Crippen molar-refractivity contribution in [2.24, 2.45) is 46.3 Å². The fraction of sp³-hybridized carbons (Fsp3) is 0.857. The number of hydrogen-bond acceptors (Lipinski definition) is 3. The molecule has 0 amide bonds. The molecule has 3 nitrogen and oxygen atoms in total. The Kier molecular flexibility index (Phi) is 5.13. The van der Waals surface area contributed by atoms with Crippen LogP contribution in [-0.4, -0.2) is 22.4 Å². The molecule has 2 aliphatic heterocycles. The van der Waals surface area contributed by atoms with Gasteiger partial charge in [0.05, 0.1) is 6.10 Å². The van der Waals surface area contributed by atoms with Gasteiger partial charge in [-0.15, -0.1) is 0 Å². The van der Waals surface area contributed by atoms with Gasteiger partial charge in [-0.1, -0.05) is 59.8 Å². The molecule has 1 saturated heterocycles. The zero-order chi connectivity index (χ0) is 22.2. The van der Waals surface area contributed by atoms with Gasteiger partial charge < -0.3 is 5.11 Å². The predicted octanol–water partition coefficient (Wildman–Crippen LogP) is 6.47. The molecule has 1 N–H and O–H groups in total.